The number of ether oxygens (including phenoxy) is 2. The van der Waals surface area contributed by atoms with Crippen molar-refractivity contribution in [3.8, 4) is 5.75 Å². The molecule has 0 spiro atoms. The molecule has 124 valence electrons. The standard InChI is InChI=1S/C18H17NO4S/c1-11-3-5-15(22-2)13(7-11)9-23-18(21)12-4-6-16-14(8-12)19-17(20)10-24-16/h3-8H,9-10H2,1-2H3,(H,19,20). The maximum Gasteiger partial charge on any atom is 0.338 e. The Kier molecular flexibility index (Phi) is 4.76. The second-order valence-electron chi connectivity index (χ2n) is 5.44. The van der Waals surface area contributed by atoms with Crippen molar-refractivity contribution in [3.05, 3.63) is 53.1 Å². The molecule has 5 nitrogen and oxygen atoms in total. The molecule has 0 saturated heterocycles. The van der Waals surface area contributed by atoms with E-state index >= 15 is 0 Å². The van der Waals surface area contributed by atoms with Crippen LogP contribution in [0.15, 0.2) is 41.3 Å². The zero-order valence-corrected chi connectivity index (χ0v) is 14.2. The van der Waals surface area contributed by atoms with Gasteiger partial charge >= 0.3 is 5.97 Å². The predicted octanol–water partition coefficient (Wildman–Crippen LogP) is 3.40. The lowest BCUT2D eigenvalue weighted by Crippen LogP contribution is -2.19. The zero-order chi connectivity index (χ0) is 17.1. The van der Waals surface area contributed by atoms with Crippen molar-refractivity contribution in [2.24, 2.45) is 0 Å². The van der Waals surface area contributed by atoms with E-state index in [0.717, 1.165) is 16.0 Å². The van der Waals surface area contributed by atoms with Crippen LogP contribution < -0.4 is 10.1 Å². The highest BCUT2D eigenvalue weighted by Crippen LogP contribution is 2.32. The third kappa shape index (κ3) is 3.54. The van der Waals surface area contributed by atoms with E-state index < -0.39 is 5.97 Å². The molecule has 0 bridgehead atoms. The highest BCUT2D eigenvalue weighted by atomic mass is 32.2. The van der Waals surface area contributed by atoms with Gasteiger partial charge in [0.15, 0.2) is 0 Å². The van der Waals surface area contributed by atoms with E-state index in [4.69, 9.17) is 9.47 Å². The number of anilines is 1. The van der Waals surface area contributed by atoms with Gasteiger partial charge in [0.05, 0.1) is 24.1 Å². The van der Waals surface area contributed by atoms with E-state index in [1.807, 2.05) is 31.2 Å². The van der Waals surface area contributed by atoms with Crippen molar-refractivity contribution in [1.82, 2.24) is 0 Å². The first kappa shape index (κ1) is 16.4. The molecule has 1 aliphatic rings. The molecule has 3 rings (SSSR count). The zero-order valence-electron chi connectivity index (χ0n) is 13.4. The number of fused-ring (bicyclic) bond motifs is 1. The molecule has 0 fully saturated rings. The van der Waals surface area contributed by atoms with Crippen LogP contribution in [-0.2, 0) is 16.1 Å². The molecule has 0 atom stereocenters. The SMILES string of the molecule is COc1ccc(C)cc1COC(=O)c1ccc2c(c1)NC(=O)CS2. The van der Waals surface area contributed by atoms with Crippen LogP contribution in [0.4, 0.5) is 5.69 Å². The number of thioether (sulfide) groups is 1. The summed E-state index contributed by atoms with van der Waals surface area (Å²) in [6.45, 7) is 2.09. The largest absolute Gasteiger partial charge is 0.496 e. The summed E-state index contributed by atoms with van der Waals surface area (Å²) in [5.74, 6) is 0.570. The Morgan fingerprint density at radius 2 is 2.08 bits per heavy atom. The summed E-state index contributed by atoms with van der Waals surface area (Å²) < 4.78 is 10.7. The lowest BCUT2D eigenvalue weighted by molar-refractivity contribution is -0.113. The number of hydrogen-bond donors (Lipinski definition) is 1. The summed E-state index contributed by atoms with van der Waals surface area (Å²) in [6.07, 6.45) is 0. The van der Waals surface area contributed by atoms with E-state index in [1.165, 1.54) is 11.8 Å². The maximum absolute atomic E-state index is 12.3. The predicted molar refractivity (Wildman–Crippen MR) is 92.6 cm³/mol. The number of benzene rings is 2. The highest BCUT2D eigenvalue weighted by molar-refractivity contribution is 8.00. The molecule has 1 heterocycles. The molecule has 0 saturated carbocycles. The van der Waals surface area contributed by atoms with Crippen LogP contribution in [0.1, 0.15) is 21.5 Å². The quantitative estimate of drug-likeness (QED) is 0.862. The number of amides is 1. The highest BCUT2D eigenvalue weighted by Gasteiger charge is 2.18. The first-order chi connectivity index (χ1) is 11.6. The average Bonchev–Trinajstić information content (AvgIpc) is 2.59. The number of aryl methyl sites for hydroxylation is 1. The summed E-state index contributed by atoms with van der Waals surface area (Å²) >= 11 is 1.45. The number of esters is 1. The van der Waals surface area contributed by atoms with Crippen LogP contribution in [0.3, 0.4) is 0 Å². The third-order valence-electron chi connectivity index (χ3n) is 3.64. The lowest BCUT2D eigenvalue weighted by atomic mass is 10.1. The normalized spacial score (nSPS) is 13.0. The van der Waals surface area contributed by atoms with Gasteiger partial charge in [0.1, 0.15) is 12.4 Å². The molecule has 0 radical (unpaired) electrons. The van der Waals surface area contributed by atoms with Gasteiger partial charge in [-0.1, -0.05) is 11.6 Å². The Hall–Kier alpha value is -2.47. The number of hydrogen-bond acceptors (Lipinski definition) is 5. The molecule has 2 aromatic rings. The molecule has 6 heteroatoms. The van der Waals surface area contributed by atoms with E-state index in [9.17, 15) is 9.59 Å². The minimum absolute atomic E-state index is 0.0671. The molecule has 1 amide bonds. The minimum Gasteiger partial charge on any atom is -0.496 e. The fourth-order valence-corrected chi connectivity index (χ4v) is 3.25. The Labute approximate surface area is 144 Å². The van der Waals surface area contributed by atoms with Gasteiger partial charge in [-0.15, -0.1) is 11.8 Å². The topological polar surface area (TPSA) is 64.6 Å². The van der Waals surface area contributed by atoms with Gasteiger partial charge in [-0.25, -0.2) is 4.79 Å². The first-order valence-electron chi connectivity index (χ1n) is 7.44. The summed E-state index contributed by atoms with van der Waals surface area (Å²) in [5, 5.41) is 2.77. The van der Waals surface area contributed by atoms with Crippen molar-refractivity contribution in [2.75, 3.05) is 18.2 Å². The van der Waals surface area contributed by atoms with Crippen molar-refractivity contribution in [1.29, 1.82) is 0 Å². The lowest BCUT2D eigenvalue weighted by Gasteiger charge is -2.17. The maximum atomic E-state index is 12.3. The van der Waals surface area contributed by atoms with Crippen molar-refractivity contribution in [2.45, 2.75) is 18.4 Å². The smallest absolute Gasteiger partial charge is 0.338 e. The van der Waals surface area contributed by atoms with Crippen LogP contribution in [0, 0.1) is 6.92 Å². The summed E-state index contributed by atoms with van der Waals surface area (Å²) in [4.78, 5) is 24.7. The molecule has 0 aliphatic carbocycles. The van der Waals surface area contributed by atoms with Gasteiger partial charge in [-0.2, -0.15) is 0 Å². The number of carbonyl (C=O) groups excluding carboxylic acids is 2. The molecule has 0 unspecified atom stereocenters. The number of rotatable bonds is 4. The summed E-state index contributed by atoms with van der Waals surface area (Å²) in [7, 11) is 1.58. The second kappa shape index (κ2) is 6.97. The monoisotopic (exact) mass is 343 g/mol. The van der Waals surface area contributed by atoms with E-state index in [-0.39, 0.29) is 12.5 Å². The van der Waals surface area contributed by atoms with Gasteiger partial charge in [0.2, 0.25) is 5.91 Å². The van der Waals surface area contributed by atoms with Crippen LogP contribution >= 0.6 is 11.8 Å². The Bertz CT molecular complexity index is 804. The van der Waals surface area contributed by atoms with Crippen molar-refractivity contribution >= 4 is 29.3 Å². The van der Waals surface area contributed by atoms with Gasteiger partial charge in [0, 0.05) is 10.5 Å². The summed E-state index contributed by atoms with van der Waals surface area (Å²) in [6, 6.07) is 10.9. The number of methoxy groups -OCH3 is 1. The van der Waals surface area contributed by atoms with Crippen LogP contribution in [0.5, 0.6) is 5.75 Å². The van der Waals surface area contributed by atoms with Crippen LogP contribution in [0.25, 0.3) is 0 Å². The fraction of sp³-hybridized carbons (Fsp3) is 0.222. The number of carbonyl (C=O) groups is 2. The molecule has 2 aromatic carbocycles. The Morgan fingerprint density at radius 1 is 1.25 bits per heavy atom. The minimum atomic E-state index is -0.439. The average molecular weight is 343 g/mol. The molecule has 24 heavy (non-hydrogen) atoms. The van der Waals surface area contributed by atoms with Crippen LogP contribution in [-0.4, -0.2) is 24.7 Å². The molecule has 0 aromatic heterocycles. The molecule has 1 N–H and O–H groups in total. The van der Waals surface area contributed by atoms with E-state index in [2.05, 4.69) is 5.32 Å². The molecular formula is C18H17NO4S. The molecule has 1 aliphatic heterocycles. The van der Waals surface area contributed by atoms with E-state index in [1.54, 1.807) is 19.2 Å². The van der Waals surface area contributed by atoms with Gasteiger partial charge < -0.3 is 14.8 Å². The van der Waals surface area contributed by atoms with Crippen molar-refractivity contribution < 1.29 is 19.1 Å². The van der Waals surface area contributed by atoms with E-state index in [0.29, 0.717) is 22.8 Å². The fourth-order valence-electron chi connectivity index (χ4n) is 2.46. The van der Waals surface area contributed by atoms with Gasteiger partial charge in [0.25, 0.3) is 0 Å². The Balaban J connectivity index is 1.73. The third-order valence-corrected chi connectivity index (χ3v) is 4.72. The second-order valence-corrected chi connectivity index (χ2v) is 6.46. The molecular weight excluding hydrogens is 326 g/mol. The van der Waals surface area contributed by atoms with Crippen molar-refractivity contribution in [3.63, 3.8) is 0 Å². The Morgan fingerprint density at radius 3 is 2.88 bits per heavy atom. The first-order valence-corrected chi connectivity index (χ1v) is 8.42. The number of nitrogens with one attached hydrogen (secondary N) is 1. The van der Waals surface area contributed by atoms with Crippen LogP contribution in [0.2, 0.25) is 0 Å². The summed E-state index contributed by atoms with van der Waals surface area (Å²) in [5.41, 5.74) is 2.94. The van der Waals surface area contributed by atoms with Gasteiger partial charge in [-0.05, 0) is 37.3 Å². The van der Waals surface area contributed by atoms with Gasteiger partial charge in [-0.3, -0.25) is 4.79 Å².